The number of hydrogen-bond acceptors (Lipinski definition) is 4. The molecule has 4 aromatic rings. The number of sulfonamides is 1. The molecule has 0 aliphatic carbocycles. The Hall–Kier alpha value is -4.14. The number of halogens is 1. The summed E-state index contributed by atoms with van der Waals surface area (Å²) in [5.41, 5.74) is 3.89. The van der Waals surface area contributed by atoms with E-state index in [0.29, 0.717) is 22.8 Å². The third-order valence-electron chi connectivity index (χ3n) is 7.60. The van der Waals surface area contributed by atoms with Gasteiger partial charge < -0.3 is 10.2 Å². The van der Waals surface area contributed by atoms with E-state index in [9.17, 15) is 18.0 Å². The second-order valence-electron chi connectivity index (χ2n) is 11.3. The van der Waals surface area contributed by atoms with E-state index in [-0.39, 0.29) is 29.7 Å². The Balaban J connectivity index is 1.80. The monoisotopic (exact) mass is 645 g/mol. The molecule has 0 saturated carbocycles. The number of carbonyl (C=O) groups is 2. The lowest BCUT2D eigenvalue weighted by Crippen LogP contribution is -2.53. The molecule has 4 rings (SSSR count). The molecular weight excluding hydrogens is 606 g/mol. The number of rotatable bonds is 13. The predicted molar refractivity (Wildman–Crippen MR) is 181 cm³/mol. The van der Waals surface area contributed by atoms with Gasteiger partial charge in [-0.2, -0.15) is 0 Å². The molecule has 0 heterocycles. The van der Waals surface area contributed by atoms with Crippen molar-refractivity contribution in [1.82, 2.24) is 10.2 Å². The summed E-state index contributed by atoms with van der Waals surface area (Å²) in [6.07, 6.45) is 0.243. The van der Waals surface area contributed by atoms with Crippen LogP contribution < -0.4 is 9.62 Å². The largest absolute Gasteiger partial charge is 0.355 e. The summed E-state index contributed by atoms with van der Waals surface area (Å²) in [5.74, 6) is -0.608. The van der Waals surface area contributed by atoms with Crippen molar-refractivity contribution >= 4 is 39.1 Å². The van der Waals surface area contributed by atoms with Gasteiger partial charge in [0.15, 0.2) is 0 Å². The van der Waals surface area contributed by atoms with Gasteiger partial charge in [0.25, 0.3) is 10.0 Å². The highest BCUT2D eigenvalue weighted by Gasteiger charge is 2.34. The van der Waals surface area contributed by atoms with E-state index < -0.39 is 28.5 Å². The van der Waals surface area contributed by atoms with Crippen LogP contribution in [0, 0.1) is 6.92 Å². The molecule has 4 aromatic carbocycles. The lowest BCUT2D eigenvalue weighted by Gasteiger charge is -2.34. The number of likely N-dealkylation sites (N-methyl/N-ethyl adjacent to an activating group) is 1. The Bertz CT molecular complexity index is 1690. The minimum absolute atomic E-state index is 0.0543. The predicted octanol–water partition coefficient (Wildman–Crippen LogP) is 6.74. The van der Waals surface area contributed by atoms with E-state index in [1.807, 2.05) is 62.4 Å². The van der Waals surface area contributed by atoms with Gasteiger partial charge in [0.2, 0.25) is 11.8 Å². The molecule has 0 spiro atoms. The zero-order valence-electron chi connectivity index (χ0n) is 26.1. The fourth-order valence-electron chi connectivity index (χ4n) is 5.07. The highest BCUT2D eigenvalue weighted by atomic mass is 35.5. The Labute approximate surface area is 271 Å². The number of carbonyl (C=O) groups excluding carboxylic acids is 2. The molecule has 7 nitrogen and oxygen atoms in total. The van der Waals surface area contributed by atoms with Crippen LogP contribution in [-0.2, 0) is 32.6 Å². The summed E-state index contributed by atoms with van der Waals surface area (Å²) in [7, 11) is -4.16. The third kappa shape index (κ3) is 8.74. The van der Waals surface area contributed by atoms with Gasteiger partial charge in [-0.1, -0.05) is 97.7 Å². The number of nitrogens with zero attached hydrogens (tertiary/aromatic N) is 2. The summed E-state index contributed by atoms with van der Waals surface area (Å²) >= 11 is 6.30. The molecule has 1 unspecified atom stereocenters. The first-order chi connectivity index (χ1) is 21.5. The fraction of sp³-hybridized carbons (Fsp3) is 0.278. The van der Waals surface area contributed by atoms with Gasteiger partial charge >= 0.3 is 0 Å². The quantitative estimate of drug-likeness (QED) is 0.174. The van der Waals surface area contributed by atoms with Crippen molar-refractivity contribution in [3.05, 3.63) is 130 Å². The Morgan fingerprint density at radius 1 is 0.844 bits per heavy atom. The van der Waals surface area contributed by atoms with Crippen LogP contribution in [0.2, 0.25) is 5.02 Å². The van der Waals surface area contributed by atoms with Crippen LogP contribution in [0.25, 0.3) is 0 Å². The molecule has 0 bridgehead atoms. The lowest BCUT2D eigenvalue weighted by atomic mass is 10.0. The molecule has 9 heteroatoms. The van der Waals surface area contributed by atoms with Gasteiger partial charge in [-0.25, -0.2) is 8.42 Å². The first-order valence-electron chi connectivity index (χ1n) is 15.0. The molecular formula is C36H40ClN3O4S. The molecule has 1 atom stereocenters. The van der Waals surface area contributed by atoms with Gasteiger partial charge in [-0.15, -0.1) is 0 Å². The number of aryl methyl sites for hydroxylation is 1. The normalized spacial score (nSPS) is 12.0. The zero-order valence-corrected chi connectivity index (χ0v) is 27.7. The van der Waals surface area contributed by atoms with Crippen molar-refractivity contribution in [3.8, 4) is 0 Å². The SMILES string of the molecule is CCNC(=O)C(Cc1ccccc1)N(Cc1cccc(Cl)c1)C(=O)CN(c1ccc(C(C)C)cc1)S(=O)(=O)c1ccc(C)cc1. The number of benzene rings is 4. The first kappa shape index (κ1) is 33.7. The van der Waals surface area contributed by atoms with Crippen LogP contribution in [0.15, 0.2) is 108 Å². The topological polar surface area (TPSA) is 86.8 Å². The molecule has 0 fully saturated rings. The van der Waals surface area contributed by atoms with Crippen molar-refractivity contribution in [2.45, 2.75) is 57.5 Å². The average molecular weight is 646 g/mol. The average Bonchev–Trinajstić information content (AvgIpc) is 3.02. The number of amides is 2. The van der Waals surface area contributed by atoms with Crippen LogP contribution in [0.3, 0.4) is 0 Å². The second-order valence-corrected chi connectivity index (χ2v) is 13.6. The van der Waals surface area contributed by atoms with Crippen LogP contribution in [0.1, 0.15) is 48.9 Å². The standard InChI is InChI=1S/C36H40ClN3O4S/c1-5-38-36(42)34(23-28-10-7-6-8-11-28)39(24-29-12-9-13-31(37)22-29)35(41)25-40(32-18-16-30(17-19-32)26(2)3)45(43,44)33-20-14-27(4)15-21-33/h6-22,26,34H,5,23-25H2,1-4H3,(H,38,42). The Morgan fingerprint density at radius 3 is 2.09 bits per heavy atom. The molecule has 0 aliphatic rings. The van der Waals surface area contributed by atoms with Crippen molar-refractivity contribution in [2.24, 2.45) is 0 Å². The highest BCUT2D eigenvalue weighted by Crippen LogP contribution is 2.27. The molecule has 0 saturated heterocycles. The van der Waals surface area contributed by atoms with Crippen molar-refractivity contribution in [2.75, 3.05) is 17.4 Å². The zero-order chi connectivity index (χ0) is 32.6. The molecule has 1 N–H and O–H groups in total. The number of anilines is 1. The van der Waals surface area contributed by atoms with Crippen molar-refractivity contribution in [1.29, 1.82) is 0 Å². The summed E-state index contributed by atoms with van der Waals surface area (Å²) in [6, 6.07) is 29.4. The minimum Gasteiger partial charge on any atom is -0.355 e. The van der Waals surface area contributed by atoms with Gasteiger partial charge in [0.1, 0.15) is 12.6 Å². The van der Waals surface area contributed by atoms with Gasteiger partial charge in [-0.3, -0.25) is 13.9 Å². The Morgan fingerprint density at radius 2 is 1.49 bits per heavy atom. The number of hydrogen-bond donors (Lipinski definition) is 1. The van der Waals surface area contributed by atoms with Gasteiger partial charge in [0, 0.05) is 24.5 Å². The fourth-order valence-corrected chi connectivity index (χ4v) is 6.70. The minimum atomic E-state index is -4.16. The molecule has 0 radical (unpaired) electrons. The molecule has 236 valence electrons. The maximum atomic E-state index is 14.5. The van der Waals surface area contributed by atoms with Crippen LogP contribution in [0.5, 0.6) is 0 Å². The van der Waals surface area contributed by atoms with E-state index in [4.69, 9.17) is 11.6 Å². The lowest BCUT2D eigenvalue weighted by molar-refractivity contribution is -0.140. The first-order valence-corrected chi connectivity index (χ1v) is 16.9. The van der Waals surface area contributed by atoms with Crippen LogP contribution in [0.4, 0.5) is 5.69 Å². The van der Waals surface area contributed by atoms with Gasteiger partial charge in [-0.05, 0) is 72.9 Å². The smallest absolute Gasteiger partial charge is 0.264 e. The van der Waals surface area contributed by atoms with E-state index in [1.54, 1.807) is 54.6 Å². The van der Waals surface area contributed by atoms with Crippen LogP contribution >= 0.6 is 11.6 Å². The van der Waals surface area contributed by atoms with E-state index in [0.717, 1.165) is 21.0 Å². The highest BCUT2D eigenvalue weighted by molar-refractivity contribution is 7.92. The van der Waals surface area contributed by atoms with Crippen LogP contribution in [-0.4, -0.2) is 44.3 Å². The third-order valence-corrected chi connectivity index (χ3v) is 9.62. The van der Waals surface area contributed by atoms with E-state index >= 15 is 0 Å². The molecule has 2 amide bonds. The summed E-state index contributed by atoms with van der Waals surface area (Å²) < 4.78 is 29.5. The van der Waals surface area contributed by atoms with Crippen molar-refractivity contribution < 1.29 is 18.0 Å². The Kier molecular flexibility index (Phi) is 11.4. The van der Waals surface area contributed by atoms with E-state index in [1.165, 1.54) is 4.90 Å². The maximum absolute atomic E-state index is 14.5. The maximum Gasteiger partial charge on any atom is 0.264 e. The summed E-state index contributed by atoms with van der Waals surface area (Å²) in [4.78, 5) is 29.6. The summed E-state index contributed by atoms with van der Waals surface area (Å²) in [6.45, 7) is 7.73. The van der Waals surface area contributed by atoms with Crippen molar-refractivity contribution in [3.63, 3.8) is 0 Å². The number of nitrogens with one attached hydrogen (secondary N) is 1. The van der Waals surface area contributed by atoms with Gasteiger partial charge in [0.05, 0.1) is 10.6 Å². The molecule has 45 heavy (non-hydrogen) atoms. The molecule has 0 aromatic heterocycles. The second kappa shape index (κ2) is 15.2. The summed E-state index contributed by atoms with van der Waals surface area (Å²) in [5, 5.41) is 3.36. The molecule has 0 aliphatic heterocycles. The van der Waals surface area contributed by atoms with E-state index in [2.05, 4.69) is 19.2 Å².